The van der Waals surface area contributed by atoms with Crippen molar-refractivity contribution in [3.8, 4) is 0 Å². The number of nitrogens with one attached hydrogen (secondary N) is 2. The van der Waals surface area contributed by atoms with Gasteiger partial charge >= 0.3 is 5.97 Å². The summed E-state index contributed by atoms with van der Waals surface area (Å²) in [7, 11) is 0. The van der Waals surface area contributed by atoms with Gasteiger partial charge in [0.1, 0.15) is 39.6 Å². The molecule has 0 atom stereocenters. The Hall–Kier alpha value is -3.80. The normalized spacial score (nSPS) is 18.2. The molecule has 3 aromatic heterocycles. The Balaban J connectivity index is 1.22. The average Bonchev–Trinajstić information content (AvgIpc) is 3.43. The molecule has 0 aromatic carbocycles. The number of amides is 2. The number of aryl methyl sites for hydroxylation is 1. The number of fused-ring (bicyclic) bond motifs is 3. The number of nitrogens with zero attached hydrogens (tertiary/aromatic N) is 4. The second-order valence-corrected chi connectivity index (χ2v) is 13.4. The van der Waals surface area contributed by atoms with Crippen LogP contribution >= 0.6 is 11.3 Å². The minimum Gasteiger partial charge on any atom is -0.460 e. The van der Waals surface area contributed by atoms with E-state index in [-0.39, 0.29) is 35.7 Å². The second-order valence-electron chi connectivity index (χ2n) is 12.3. The summed E-state index contributed by atoms with van der Waals surface area (Å²) in [6, 6.07) is 3.43. The number of hydrogen-bond donors (Lipinski definition) is 2. The molecule has 2 N–H and O–H groups in total. The molecule has 12 heteroatoms. The van der Waals surface area contributed by atoms with Gasteiger partial charge < -0.3 is 20.3 Å². The summed E-state index contributed by atoms with van der Waals surface area (Å²) in [5.41, 5.74) is -0.0580. The van der Waals surface area contributed by atoms with Crippen LogP contribution in [0.3, 0.4) is 0 Å². The van der Waals surface area contributed by atoms with E-state index in [4.69, 9.17) is 4.74 Å². The summed E-state index contributed by atoms with van der Waals surface area (Å²) in [6.07, 6.45) is 6.10. The van der Waals surface area contributed by atoms with Gasteiger partial charge in [-0.25, -0.2) is 9.97 Å². The van der Waals surface area contributed by atoms with Crippen molar-refractivity contribution in [1.29, 1.82) is 0 Å². The van der Waals surface area contributed by atoms with Crippen LogP contribution in [0.4, 0.5) is 11.5 Å². The summed E-state index contributed by atoms with van der Waals surface area (Å²) in [5, 5.41) is 6.92. The van der Waals surface area contributed by atoms with Gasteiger partial charge in [-0.15, -0.1) is 11.3 Å². The average molecular weight is 579 g/mol. The molecule has 3 aliphatic rings. The minimum atomic E-state index is -0.689. The fraction of sp³-hybridized carbons (Fsp3) is 0.517. The topological polar surface area (TPSA) is 136 Å². The van der Waals surface area contributed by atoms with E-state index in [9.17, 15) is 19.2 Å². The van der Waals surface area contributed by atoms with Crippen LogP contribution in [0.25, 0.3) is 10.2 Å². The zero-order valence-corrected chi connectivity index (χ0v) is 24.5. The molecular formula is C29H34N6O5S. The maximum Gasteiger partial charge on any atom is 0.306 e. The SMILES string of the molecule is Cc1cc(Nc2ncnc3sc(C(=O)N4CC(CC(=O)OC(C)(C)C)C4)cc23)c(=O)n2c1C(=O)NC21CCCCC1. The number of thiophene rings is 1. The first kappa shape index (κ1) is 27.4. The number of pyridine rings is 1. The highest BCUT2D eigenvalue weighted by atomic mass is 32.1. The van der Waals surface area contributed by atoms with Crippen molar-refractivity contribution in [3.63, 3.8) is 0 Å². The zero-order chi connectivity index (χ0) is 29.1. The number of ether oxygens (including phenoxy) is 1. The van der Waals surface area contributed by atoms with Crippen molar-refractivity contribution in [2.24, 2.45) is 5.92 Å². The van der Waals surface area contributed by atoms with Crippen LogP contribution in [-0.2, 0) is 15.2 Å². The molecule has 6 rings (SSSR count). The van der Waals surface area contributed by atoms with Crippen molar-refractivity contribution in [2.45, 2.75) is 77.5 Å². The molecule has 11 nitrogen and oxygen atoms in total. The highest BCUT2D eigenvalue weighted by Gasteiger charge is 2.45. The second kappa shape index (κ2) is 9.93. The van der Waals surface area contributed by atoms with Gasteiger partial charge in [-0.05, 0) is 71.1 Å². The maximum absolute atomic E-state index is 13.8. The molecule has 2 amide bonds. The Morgan fingerprint density at radius 1 is 1.15 bits per heavy atom. The van der Waals surface area contributed by atoms with Crippen LogP contribution in [-0.4, -0.2) is 55.9 Å². The van der Waals surface area contributed by atoms with Crippen LogP contribution in [0.5, 0.6) is 0 Å². The molecule has 2 aliphatic heterocycles. The van der Waals surface area contributed by atoms with Crippen molar-refractivity contribution in [1.82, 2.24) is 24.8 Å². The Morgan fingerprint density at radius 2 is 1.88 bits per heavy atom. The van der Waals surface area contributed by atoms with Crippen LogP contribution in [0, 0.1) is 12.8 Å². The highest BCUT2D eigenvalue weighted by Crippen LogP contribution is 2.38. The van der Waals surface area contributed by atoms with Crippen LogP contribution in [0.2, 0.25) is 0 Å². The molecule has 216 valence electrons. The lowest BCUT2D eigenvalue weighted by Crippen LogP contribution is -2.50. The predicted molar refractivity (Wildman–Crippen MR) is 155 cm³/mol. The zero-order valence-electron chi connectivity index (χ0n) is 23.7. The number of carbonyl (C=O) groups is 3. The molecule has 3 aromatic rings. The lowest BCUT2D eigenvalue weighted by molar-refractivity contribution is -0.157. The van der Waals surface area contributed by atoms with E-state index in [2.05, 4.69) is 20.6 Å². The van der Waals surface area contributed by atoms with E-state index in [0.29, 0.717) is 50.9 Å². The molecular weight excluding hydrogens is 544 g/mol. The number of esters is 1. The van der Waals surface area contributed by atoms with Gasteiger partial charge in [-0.3, -0.25) is 23.7 Å². The summed E-state index contributed by atoms with van der Waals surface area (Å²) < 4.78 is 7.04. The fourth-order valence-corrected chi connectivity index (χ4v) is 7.13. The van der Waals surface area contributed by atoms with E-state index >= 15 is 0 Å². The van der Waals surface area contributed by atoms with Gasteiger partial charge in [0.2, 0.25) is 0 Å². The quantitative estimate of drug-likeness (QED) is 0.433. The maximum atomic E-state index is 13.8. The van der Waals surface area contributed by atoms with E-state index in [1.165, 1.54) is 17.7 Å². The van der Waals surface area contributed by atoms with Gasteiger partial charge in [-0.1, -0.05) is 6.42 Å². The number of likely N-dealkylation sites (tertiary alicyclic amines) is 1. The summed E-state index contributed by atoms with van der Waals surface area (Å²) >= 11 is 1.26. The summed E-state index contributed by atoms with van der Waals surface area (Å²) in [6.45, 7) is 8.32. The van der Waals surface area contributed by atoms with Crippen molar-refractivity contribution >= 4 is 50.8 Å². The lowest BCUT2D eigenvalue weighted by atomic mass is 9.89. The monoisotopic (exact) mass is 578 g/mol. The number of carbonyl (C=O) groups excluding carboxylic acids is 3. The number of hydrogen-bond acceptors (Lipinski definition) is 9. The van der Waals surface area contributed by atoms with E-state index < -0.39 is 11.3 Å². The van der Waals surface area contributed by atoms with Gasteiger partial charge in [0, 0.05) is 19.0 Å². The van der Waals surface area contributed by atoms with Crippen molar-refractivity contribution in [2.75, 3.05) is 18.4 Å². The number of aromatic nitrogens is 3. The molecule has 0 radical (unpaired) electrons. The van der Waals surface area contributed by atoms with E-state index in [0.717, 1.165) is 32.1 Å². The lowest BCUT2D eigenvalue weighted by Gasteiger charge is -2.38. The molecule has 1 spiro atoms. The molecule has 2 fully saturated rings. The third-order valence-electron chi connectivity index (χ3n) is 7.97. The van der Waals surface area contributed by atoms with Crippen molar-refractivity contribution in [3.05, 3.63) is 44.9 Å². The van der Waals surface area contributed by atoms with Gasteiger partial charge in [0.05, 0.1) is 16.7 Å². The standard InChI is InChI=1S/C29H34N6O5S/c1-16-10-19(26(38)35-22(16)24(37)33-29(35)8-6-5-7-9-29)32-23-18-12-20(41-25(18)31-15-30-23)27(39)34-13-17(14-34)11-21(36)40-28(2,3)4/h10,12,15,17H,5-9,11,13-14H2,1-4H3,(H,33,37)(H,30,31,32). The molecule has 1 aliphatic carbocycles. The summed E-state index contributed by atoms with van der Waals surface area (Å²) in [4.78, 5) is 63.6. The largest absolute Gasteiger partial charge is 0.460 e. The smallest absolute Gasteiger partial charge is 0.306 e. The van der Waals surface area contributed by atoms with Crippen molar-refractivity contribution < 1.29 is 19.1 Å². The van der Waals surface area contributed by atoms with Gasteiger partial charge in [-0.2, -0.15) is 0 Å². The van der Waals surface area contributed by atoms with E-state index in [1.54, 1.807) is 21.6 Å². The number of anilines is 2. The molecule has 1 saturated heterocycles. The fourth-order valence-electron chi connectivity index (χ4n) is 6.16. The number of rotatable bonds is 5. The van der Waals surface area contributed by atoms with Crippen LogP contribution < -0.4 is 16.2 Å². The van der Waals surface area contributed by atoms with E-state index in [1.807, 2.05) is 27.7 Å². The Kier molecular flexibility index (Phi) is 6.63. The third kappa shape index (κ3) is 4.98. The first-order valence-electron chi connectivity index (χ1n) is 14.1. The van der Waals surface area contributed by atoms with Gasteiger partial charge in [0.25, 0.3) is 17.4 Å². The molecule has 0 bridgehead atoms. The third-order valence-corrected chi connectivity index (χ3v) is 9.01. The molecule has 1 saturated carbocycles. The summed E-state index contributed by atoms with van der Waals surface area (Å²) in [5.74, 6) is -0.0991. The molecule has 5 heterocycles. The Labute approximate surface area is 241 Å². The Morgan fingerprint density at radius 3 is 2.59 bits per heavy atom. The van der Waals surface area contributed by atoms with Crippen LogP contribution in [0.1, 0.15) is 85.0 Å². The highest BCUT2D eigenvalue weighted by molar-refractivity contribution is 7.20. The van der Waals surface area contributed by atoms with Gasteiger partial charge in [0.15, 0.2) is 0 Å². The predicted octanol–water partition coefficient (Wildman–Crippen LogP) is 4.07. The molecule has 41 heavy (non-hydrogen) atoms. The van der Waals surface area contributed by atoms with Crippen LogP contribution in [0.15, 0.2) is 23.3 Å². The minimum absolute atomic E-state index is 0.0741. The first-order valence-corrected chi connectivity index (χ1v) is 14.9. The Bertz CT molecular complexity index is 1620. The molecule has 0 unspecified atom stereocenters. The first-order chi connectivity index (χ1) is 19.4.